The Kier molecular flexibility index (Phi) is 5.36. The molecular formula is C23H20FN5O2. The van der Waals surface area contributed by atoms with Crippen molar-refractivity contribution in [2.24, 2.45) is 5.73 Å². The van der Waals surface area contributed by atoms with Crippen LogP contribution in [-0.4, -0.2) is 38.1 Å². The van der Waals surface area contributed by atoms with Gasteiger partial charge >= 0.3 is 0 Å². The number of nitrogens with zero attached hydrogens (tertiary/aromatic N) is 4. The molecule has 2 aromatic carbocycles. The molecule has 0 unspecified atom stereocenters. The number of halogens is 1. The minimum Gasteiger partial charge on any atom is -0.366 e. The molecule has 2 N–H and O–H groups in total. The third-order valence-corrected chi connectivity index (χ3v) is 4.88. The number of rotatable bonds is 6. The van der Waals surface area contributed by atoms with Crippen LogP contribution in [0.3, 0.4) is 0 Å². The minimum absolute atomic E-state index is 0.238. The highest BCUT2D eigenvalue weighted by Gasteiger charge is 2.23. The molecule has 0 bridgehead atoms. The van der Waals surface area contributed by atoms with E-state index in [2.05, 4.69) is 5.10 Å². The fourth-order valence-electron chi connectivity index (χ4n) is 3.39. The summed E-state index contributed by atoms with van der Waals surface area (Å²) in [5.74, 6) is -0.847. The average Bonchev–Trinajstić information content (AvgIpc) is 3.43. The van der Waals surface area contributed by atoms with Crippen molar-refractivity contribution in [2.75, 3.05) is 7.05 Å². The molecule has 0 spiro atoms. The molecule has 2 amide bonds. The highest BCUT2D eigenvalue weighted by molar-refractivity contribution is 5.97. The second-order valence-electron chi connectivity index (χ2n) is 7.06. The Hall–Kier alpha value is -4.20. The predicted octanol–water partition coefficient (Wildman–Crippen LogP) is 3.17. The molecule has 156 valence electrons. The van der Waals surface area contributed by atoms with Gasteiger partial charge in [0.2, 0.25) is 5.91 Å². The number of aromatic nitrogens is 3. The molecule has 8 heteroatoms. The van der Waals surface area contributed by atoms with E-state index in [1.54, 1.807) is 60.4 Å². The van der Waals surface area contributed by atoms with Crippen LogP contribution in [-0.2, 0) is 6.54 Å². The smallest absolute Gasteiger partial charge is 0.259 e. The van der Waals surface area contributed by atoms with Gasteiger partial charge in [0.25, 0.3) is 5.91 Å². The van der Waals surface area contributed by atoms with E-state index in [0.29, 0.717) is 16.9 Å². The molecule has 0 radical (unpaired) electrons. The van der Waals surface area contributed by atoms with E-state index in [4.69, 9.17) is 5.73 Å². The number of nitrogens with two attached hydrogens (primary N) is 1. The summed E-state index contributed by atoms with van der Waals surface area (Å²) in [6, 6.07) is 16.7. The molecule has 0 saturated heterocycles. The van der Waals surface area contributed by atoms with Crippen LogP contribution in [0.1, 0.15) is 26.3 Å². The molecule has 0 aliphatic heterocycles. The van der Waals surface area contributed by atoms with Crippen molar-refractivity contribution in [2.45, 2.75) is 6.54 Å². The summed E-state index contributed by atoms with van der Waals surface area (Å²) in [7, 11) is 1.65. The van der Waals surface area contributed by atoms with Crippen molar-refractivity contribution >= 4 is 11.8 Å². The van der Waals surface area contributed by atoms with Gasteiger partial charge in [-0.2, -0.15) is 5.10 Å². The third kappa shape index (κ3) is 3.95. The lowest BCUT2D eigenvalue weighted by Gasteiger charge is -2.18. The summed E-state index contributed by atoms with van der Waals surface area (Å²) < 4.78 is 17.6. The molecule has 0 saturated carbocycles. The zero-order chi connectivity index (χ0) is 22.0. The molecular weight excluding hydrogens is 397 g/mol. The maximum Gasteiger partial charge on any atom is 0.259 e. The van der Waals surface area contributed by atoms with Crippen LogP contribution in [0, 0.1) is 5.82 Å². The number of hydrogen-bond donors (Lipinski definition) is 1. The Labute approximate surface area is 178 Å². The van der Waals surface area contributed by atoms with E-state index < -0.39 is 11.7 Å². The number of hydrogen-bond acceptors (Lipinski definition) is 3. The van der Waals surface area contributed by atoms with Gasteiger partial charge in [0.1, 0.15) is 17.1 Å². The lowest BCUT2D eigenvalue weighted by Crippen LogP contribution is -2.27. The molecule has 2 aromatic heterocycles. The zero-order valence-electron chi connectivity index (χ0n) is 16.8. The normalized spacial score (nSPS) is 10.8. The van der Waals surface area contributed by atoms with Crippen LogP contribution in [0.25, 0.3) is 11.5 Å². The van der Waals surface area contributed by atoms with Gasteiger partial charge in [-0.3, -0.25) is 9.59 Å². The summed E-state index contributed by atoms with van der Waals surface area (Å²) in [5.41, 5.74) is 7.03. The van der Waals surface area contributed by atoms with Gasteiger partial charge in [0, 0.05) is 31.5 Å². The fraction of sp³-hybridized carbons (Fsp3) is 0.0870. The summed E-state index contributed by atoms with van der Waals surface area (Å²) in [5, 5.41) is 4.30. The molecule has 7 nitrogen and oxygen atoms in total. The number of primary amides is 1. The Morgan fingerprint density at radius 2 is 1.81 bits per heavy atom. The van der Waals surface area contributed by atoms with Gasteiger partial charge < -0.3 is 15.2 Å². The highest BCUT2D eigenvalue weighted by Crippen LogP contribution is 2.23. The molecule has 0 aliphatic carbocycles. The molecule has 2 heterocycles. The highest BCUT2D eigenvalue weighted by atomic mass is 19.1. The second-order valence-corrected chi connectivity index (χ2v) is 7.06. The molecule has 4 aromatic rings. The van der Waals surface area contributed by atoms with Crippen LogP contribution in [0.4, 0.5) is 4.39 Å². The summed E-state index contributed by atoms with van der Waals surface area (Å²) in [6.07, 6.45) is 4.96. The van der Waals surface area contributed by atoms with Crippen molar-refractivity contribution in [1.29, 1.82) is 0 Å². The molecule has 4 rings (SSSR count). The Morgan fingerprint density at radius 3 is 2.52 bits per heavy atom. The lowest BCUT2D eigenvalue weighted by atomic mass is 10.1. The van der Waals surface area contributed by atoms with Gasteiger partial charge in [-0.1, -0.05) is 24.3 Å². The monoisotopic (exact) mass is 417 g/mol. The number of benzene rings is 2. The first kappa shape index (κ1) is 20.1. The van der Waals surface area contributed by atoms with Crippen molar-refractivity contribution in [1.82, 2.24) is 19.2 Å². The van der Waals surface area contributed by atoms with Crippen LogP contribution < -0.4 is 5.73 Å². The lowest BCUT2D eigenvalue weighted by molar-refractivity contribution is 0.0785. The quantitative estimate of drug-likeness (QED) is 0.523. The third-order valence-electron chi connectivity index (χ3n) is 4.88. The van der Waals surface area contributed by atoms with Gasteiger partial charge in [0.05, 0.1) is 6.20 Å². The van der Waals surface area contributed by atoms with E-state index in [0.717, 1.165) is 5.56 Å². The van der Waals surface area contributed by atoms with E-state index in [-0.39, 0.29) is 18.1 Å². The number of para-hydroxylation sites is 1. The van der Waals surface area contributed by atoms with Crippen molar-refractivity contribution in [3.05, 3.63) is 102 Å². The molecule has 0 aliphatic rings. The van der Waals surface area contributed by atoms with Gasteiger partial charge in [-0.25, -0.2) is 9.07 Å². The average molecular weight is 417 g/mol. The standard InChI is InChI=1S/C23H20FN5O2/c1-27(15-16-7-6-8-17(13-16)21(25)30)23(31)18-14-26-29(20-10-3-2-9-19(20)24)22(18)28-11-4-5-12-28/h2-14H,15H2,1H3,(H2,25,30). The first-order valence-corrected chi connectivity index (χ1v) is 9.56. The first-order valence-electron chi connectivity index (χ1n) is 9.56. The molecule has 0 atom stereocenters. The maximum atomic E-state index is 14.5. The summed E-state index contributed by atoms with van der Waals surface area (Å²) in [4.78, 5) is 26.2. The van der Waals surface area contributed by atoms with Crippen LogP contribution >= 0.6 is 0 Å². The van der Waals surface area contributed by atoms with E-state index in [1.165, 1.54) is 21.8 Å². The Bertz CT molecular complexity index is 1250. The Morgan fingerprint density at radius 1 is 1.06 bits per heavy atom. The summed E-state index contributed by atoms with van der Waals surface area (Å²) >= 11 is 0. The van der Waals surface area contributed by atoms with Crippen LogP contribution in [0.15, 0.2) is 79.3 Å². The molecule has 0 fully saturated rings. The Balaban J connectivity index is 1.71. The number of amides is 2. The van der Waals surface area contributed by atoms with Gasteiger partial charge in [0.15, 0.2) is 5.82 Å². The minimum atomic E-state index is -0.531. The van der Waals surface area contributed by atoms with E-state index in [1.807, 2.05) is 18.2 Å². The zero-order valence-corrected chi connectivity index (χ0v) is 16.8. The van der Waals surface area contributed by atoms with Crippen LogP contribution in [0.2, 0.25) is 0 Å². The summed E-state index contributed by atoms with van der Waals surface area (Å²) in [6.45, 7) is 0.260. The number of carbonyl (C=O) groups excluding carboxylic acids is 2. The molecule has 31 heavy (non-hydrogen) atoms. The maximum absolute atomic E-state index is 14.5. The second kappa shape index (κ2) is 8.27. The first-order chi connectivity index (χ1) is 15.0. The largest absolute Gasteiger partial charge is 0.366 e. The van der Waals surface area contributed by atoms with Crippen molar-refractivity contribution in [3.8, 4) is 11.5 Å². The van der Waals surface area contributed by atoms with E-state index in [9.17, 15) is 14.0 Å². The SMILES string of the molecule is CN(Cc1cccc(C(N)=O)c1)C(=O)c1cnn(-c2ccccc2F)c1-n1cccc1. The number of carbonyl (C=O) groups is 2. The van der Waals surface area contributed by atoms with Crippen molar-refractivity contribution in [3.63, 3.8) is 0 Å². The van der Waals surface area contributed by atoms with Gasteiger partial charge in [-0.05, 0) is 42.0 Å². The topological polar surface area (TPSA) is 86.2 Å². The van der Waals surface area contributed by atoms with Crippen LogP contribution in [0.5, 0.6) is 0 Å². The van der Waals surface area contributed by atoms with E-state index >= 15 is 0 Å². The van der Waals surface area contributed by atoms with Crippen molar-refractivity contribution < 1.29 is 14.0 Å². The fourth-order valence-corrected chi connectivity index (χ4v) is 3.39. The van der Waals surface area contributed by atoms with Gasteiger partial charge in [-0.15, -0.1) is 0 Å². The predicted molar refractivity (Wildman–Crippen MR) is 114 cm³/mol.